The quantitative estimate of drug-likeness (QED) is 0.844. The average molecular weight is 273 g/mol. The number of nitrogens with zero attached hydrogens (tertiary/aromatic N) is 4. The van der Waals surface area contributed by atoms with E-state index >= 15 is 0 Å². The zero-order chi connectivity index (χ0) is 14.5. The first-order valence-electron chi connectivity index (χ1n) is 6.12. The van der Waals surface area contributed by atoms with Crippen LogP contribution in [-0.4, -0.2) is 25.4 Å². The van der Waals surface area contributed by atoms with Gasteiger partial charge in [0.15, 0.2) is 0 Å². The maximum Gasteiger partial charge on any atom is 0.253 e. The minimum absolute atomic E-state index is 0.0593. The summed E-state index contributed by atoms with van der Waals surface area (Å²) < 4.78 is 1.26. The molecule has 0 aliphatic heterocycles. The van der Waals surface area contributed by atoms with Gasteiger partial charge >= 0.3 is 0 Å². The minimum Gasteiger partial charge on any atom is -0.349 e. The Bertz CT molecular complexity index is 680. The highest BCUT2D eigenvalue weighted by atomic mass is 16.2. The maximum absolute atomic E-state index is 11.8. The van der Waals surface area contributed by atoms with E-state index in [0.717, 1.165) is 11.4 Å². The van der Waals surface area contributed by atoms with Crippen LogP contribution in [0.3, 0.4) is 0 Å². The number of hydrogen-bond donors (Lipinski definition) is 1. The molecular weight excluding hydrogens is 258 g/mol. The van der Waals surface area contributed by atoms with E-state index in [0.29, 0.717) is 12.2 Å². The third-order valence-electron chi connectivity index (χ3n) is 2.66. The molecule has 0 fully saturated rings. The molecule has 7 heteroatoms. The van der Waals surface area contributed by atoms with E-state index in [1.54, 1.807) is 13.0 Å². The van der Waals surface area contributed by atoms with Gasteiger partial charge in [0.25, 0.3) is 5.56 Å². The Morgan fingerprint density at radius 1 is 1.20 bits per heavy atom. The third-order valence-corrected chi connectivity index (χ3v) is 2.66. The summed E-state index contributed by atoms with van der Waals surface area (Å²) in [6, 6.07) is 3.18. The molecule has 2 heterocycles. The summed E-state index contributed by atoms with van der Waals surface area (Å²) in [5.41, 5.74) is 1.94. The topological polar surface area (TPSA) is 89.8 Å². The van der Waals surface area contributed by atoms with Crippen molar-refractivity contribution in [1.29, 1.82) is 0 Å². The fraction of sp³-hybridized carbons (Fsp3) is 0.308. The molecule has 1 N–H and O–H groups in total. The average Bonchev–Trinajstić information content (AvgIpc) is 2.40. The smallest absolute Gasteiger partial charge is 0.253 e. The van der Waals surface area contributed by atoms with Gasteiger partial charge < -0.3 is 5.32 Å². The number of aromatic nitrogens is 4. The SMILES string of the molecule is Cc1cc(CNC(=O)Cn2cnc(C)cc2=O)ncn1. The van der Waals surface area contributed by atoms with Crippen molar-refractivity contribution in [2.75, 3.05) is 0 Å². The fourth-order valence-corrected chi connectivity index (χ4v) is 1.64. The van der Waals surface area contributed by atoms with Crippen LogP contribution in [-0.2, 0) is 17.9 Å². The van der Waals surface area contributed by atoms with Gasteiger partial charge in [-0.2, -0.15) is 0 Å². The number of hydrogen-bond acceptors (Lipinski definition) is 5. The molecule has 2 aromatic rings. The lowest BCUT2D eigenvalue weighted by Crippen LogP contribution is -2.32. The second-order valence-corrected chi connectivity index (χ2v) is 4.42. The van der Waals surface area contributed by atoms with E-state index in [2.05, 4.69) is 20.3 Å². The molecule has 104 valence electrons. The lowest BCUT2D eigenvalue weighted by Gasteiger charge is -2.07. The standard InChI is InChI=1S/C13H15N5O2/c1-9-3-11(16-7-15-9)5-14-12(19)6-18-8-17-10(2)4-13(18)20/h3-4,7-8H,5-6H2,1-2H3,(H,14,19). The van der Waals surface area contributed by atoms with E-state index in [1.807, 2.05) is 6.92 Å². The number of aryl methyl sites for hydroxylation is 2. The van der Waals surface area contributed by atoms with Gasteiger partial charge in [-0.1, -0.05) is 0 Å². The molecule has 7 nitrogen and oxygen atoms in total. The normalized spacial score (nSPS) is 10.3. The van der Waals surface area contributed by atoms with Gasteiger partial charge in [0, 0.05) is 17.5 Å². The molecule has 0 aliphatic carbocycles. The van der Waals surface area contributed by atoms with Crippen LogP contribution in [0.4, 0.5) is 0 Å². The molecule has 2 aromatic heterocycles. The highest BCUT2D eigenvalue weighted by Crippen LogP contribution is 1.95. The van der Waals surface area contributed by atoms with Crippen LogP contribution in [0, 0.1) is 13.8 Å². The molecule has 0 spiro atoms. The molecule has 0 radical (unpaired) electrons. The van der Waals surface area contributed by atoms with Gasteiger partial charge in [-0.3, -0.25) is 14.2 Å². The summed E-state index contributed by atoms with van der Waals surface area (Å²) in [5.74, 6) is -0.269. The van der Waals surface area contributed by atoms with Crippen LogP contribution in [0.1, 0.15) is 17.1 Å². The molecule has 0 aliphatic rings. The van der Waals surface area contributed by atoms with Crippen LogP contribution in [0.15, 0.2) is 29.6 Å². The molecule has 0 saturated heterocycles. The van der Waals surface area contributed by atoms with Crippen molar-refractivity contribution in [2.45, 2.75) is 26.9 Å². The highest BCUT2D eigenvalue weighted by Gasteiger charge is 2.05. The van der Waals surface area contributed by atoms with Crippen molar-refractivity contribution >= 4 is 5.91 Å². The first-order valence-corrected chi connectivity index (χ1v) is 6.12. The summed E-state index contributed by atoms with van der Waals surface area (Å²) in [4.78, 5) is 35.4. The zero-order valence-corrected chi connectivity index (χ0v) is 11.3. The molecule has 0 atom stereocenters. The second kappa shape index (κ2) is 6.05. The number of carbonyl (C=O) groups is 1. The first kappa shape index (κ1) is 13.9. The minimum atomic E-state index is -0.269. The molecule has 1 amide bonds. The molecule has 0 bridgehead atoms. The lowest BCUT2D eigenvalue weighted by atomic mass is 10.3. The summed E-state index contributed by atoms with van der Waals surface area (Å²) in [5, 5.41) is 2.70. The van der Waals surface area contributed by atoms with E-state index < -0.39 is 0 Å². The summed E-state index contributed by atoms with van der Waals surface area (Å²) in [6.45, 7) is 3.82. The predicted octanol–water partition coefficient (Wildman–Crippen LogP) is -0.0335. The van der Waals surface area contributed by atoms with E-state index in [4.69, 9.17) is 0 Å². The van der Waals surface area contributed by atoms with E-state index in [1.165, 1.54) is 23.3 Å². The Labute approximate surface area is 115 Å². The molecule has 2 rings (SSSR count). The van der Waals surface area contributed by atoms with Gasteiger partial charge in [0.05, 0.1) is 18.6 Å². The highest BCUT2D eigenvalue weighted by molar-refractivity contribution is 5.75. The van der Waals surface area contributed by atoms with Crippen LogP contribution in [0.5, 0.6) is 0 Å². The van der Waals surface area contributed by atoms with Crippen molar-refractivity contribution in [3.05, 3.63) is 52.2 Å². The summed E-state index contributed by atoms with van der Waals surface area (Å²) >= 11 is 0. The second-order valence-electron chi connectivity index (χ2n) is 4.42. The summed E-state index contributed by atoms with van der Waals surface area (Å²) in [6.07, 6.45) is 2.82. The molecule has 0 unspecified atom stereocenters. The Kier molecular flexibility index (Phi) is 4.19. The molecule has 20 heavy (non-hydrogen) atoms. The third kappa shape index (κ3) is 3.71. The number of carbonyl (C=O) groups excluding carboxylic acids is 1. The van der Waals surface area contributed by atoms with E-state index in [-0.39, 0.29) is 18.0 Å². The van der Waals surface area contributed by atoms with Gasteiger partial charge in [-0.25, -0.2) is 15.0 Å². The van der Waals surface area contributed by atoms with Crippen LogP contribution in [0.2, 0.25) is 0 Å². The van der Waals surface area contributed by atoms with Crippen molar-refractivity contribution in [2.24, 2.45) is 0 Å². The van der Waals surface area contributed by atoms with Gasteiger partial charge in [0.2, 0.25) is 5.91 Å². The molecule has 0 aromatic carbocycles. The van der Waals surface area contributed by atoms with Crippen molar-refractivity contribution in [1.82, 2.24) is 24.8 Å². The monoisotopic (exact) mass is 273 g/mol. The number of amides is 1. The largest absolute Gasteiger partial charge is 0.349 e. The zero-order valence-electron chi connectivity index (χ0n) is 11.3. The van der Waals surface area contributed by atoms with E-state index in [9.17, 15) is 9.59 Å². The Morgan fingerprint density at radius 2 is 1.95 bits per heavy atom. The summed E-state index contributed by atoms with van der Waals surface area (Å²) in [7, 11) is 0. The lowest BCUT2D eigenvalue weighted by molar-refractivity contribution is -0.121. The van der Waals surface area contributed by atoms with Crippen molar-refractivity contribution in [3.8, 4) is 0 Å². The number of nitrogens with one attached hydrogen (secondary N) is 1. The Hall–Kier alpha value is -2.57. The van der Waals surface area contributed by atoms with Gasteiger partial charge in [-0.15, -0.1) is 0 Å². The van der Waals surface area contributed by atoms with Crippen molar-refractivity contribution < 1.29 is 4.79 Å². The van der Waals surface area contributed by atoms with Crippen LogP contribution < -0.4 is 10.9 Å². The fourth-order valence-electron chi connectivity index (χ4n) is 1.64. The van der Waals surface area contributed by atoms with Crippen LogP contribution in [0.25, 0.3) is 0 Å². The Morgan fingerprint density at radius 3 is 2.65 bits per heavy atom. The Balaban J connectivity index is 1.94. The van der Waals surface area contributed by atoms with Crippen molar-refractivity contribution in [3.63, 3.8) is 0 Å². The van der Waals surface area contributed by atoms with Crippen LogP contribution >= 0.6 is 0 Å². The molecule has 0 saturated carbocycles. The molecular formula is C13H15N5O2. The first-order chi connectivity index (χ1) is 9.54. The predicted molar refractivity (Wildman–Crippen MR) is 71.8 cm³/mol. The van der Waals surface area contributed by atoms with Gasteiger partial charge in [0.1, 0.15) is 12.9 Å². The maximum atomic E-state index is 11.8. The van der Waals surface area contributed by atoms with Gasteiger partial charge in [-0.05, 0) is 19.9 Å². The number of rotatable bonds is 4.